The summed E-state index contributed by atoms with van der Waals surface area (Å²) in [5, 5.41) is 19.6. The van der Waals surface area contributed by atoms with Crippen LogP contribution in [0.15, 0.2) is 18.2 Å². The first-order chi connectivity index (χ1) is 8.46. The van der Waals surface area contributed by atoms with Crippen molar-refractivity contribution in [3.63, 3.8) is 0 Å². The Labute approximate surface area is 105 Å². The molecule has 0 bridgehead atoms. The topological polar surface area (TPSA) is 80.4 Å². The normalized spacial score (nSPS) is 12.3. The maximum atomic E-state index is 12.6. The number of hydrogen-bond donors (Lipinski definition) is 1. The zero-order valence-electron chi connectivity index (χ0n) is 9.99. The van der Waals surface area contributed by atoms with Crippen LogP contribution >= 0.6 is 0 Å². The van der Waals surface area contributed by atoms with Crippen molar-refractivity contribution in [1.82, 2.24) is 0 Å². The van der Waals surface area contributed by atoms with Crippen molar-refractivity contribution in [1.29, 1.82) is 0 Å². The number of rotatable bonds is 3. The molecule has 0 unspecified atom stereocenters. The predicted octanol–water partition coefficient (Wildman–Crippen LogP) is 2.98. The zero-order chi connectivity index (χ0) is 15.0. The van der Waals surface area contributed by atoms with Gasteiger partial charge in [-0.2, -0.15) is 13.2 Å². The van der Waals surface area contributed by atoms with Crippen molar-refractivity contribution < 1.29 is 28.0 Å². The summed E-state index contributed by atoms with van der Waals surface area (Å²) in [6.07, 6.45) is -4.78. The quantitative estimate of drug-likeness (QED) is 0.680. The SMILES string of the molecule is CC(C)(C(=O)O)c1cc([N+](=O)[O-])cc(C(F)(F)F)c1. The van der Waals surface area contributed by atoms with E-state index in [0.717, 1.165) is 6.07 Å². The van der Waals surface area contributed by atoms with Gasteiger partial charge in [0.2, 0.25) is 0 Å². The van der Waals surface area contributed by atoms with Crippen LogP contribution < -0.4 is 0 Å². The summed E-state index contributed by atoms with van der Waals surface area (Å²) in [4.78, 5) is 20.6. The highest BCUT2D eigenvalue weighted by Crippen LogP contribution is 2.36. The lowest BCUT2D eigenvalue weighted by molar-refractivity contribution is -0.385. The number of nitrogens with zero attached hydrogens (tertiary/aromatic N) is 1. The molecule has 0 aromatic heterocycles. The van der Waals surface area contributed by atoms with E-state index in [0.29, 0.717) is 12.1 Å². The first-order valence-electron chi connectivity index (χ1n) is 5.07. The first kappa shape index (κ1) is 14.9. The lowest BCUT2D eigenvalue weighted by Gasteiger charge is -2.20. The molecule has 0 fully saturated rings. The summed E-state index contributed by atoms with van der Waals surface area (Å²) in [5.74, 6) is -1.37. The van der Waals surface area contributed by atoms with Gasteiger partial charge in [0.25, 0.3) is 5.69 Å². The van der Waals surface area contributed by atoms with E-state index in [2.05, 4.69) is 0 Å². The Bertz CT molecular complexity index is 537. The number of aliphatic carboxylic acids is 1. The summed E-state index contributed by atoms with van der Waals surface area (Å²) in [5.41, 5.74) is -3.97. The van der Waals surface area contributed by atoms with Crippen LogP contribution in [0.4, 0.5) is 18.9 Å². The Hall–Kier alpha value is -2.12. The molecule has 0 radical (unpaired) electrons. The molecule has 19 heavy (non-hydrogen) atoms. The number of nitro groups is 1. The molecule has 0 heterocycles. The van der Waals surface area contributed by atoms with Gasteiger partial charge in [0.05, 0.1) is 15.9 Å². The molecular formula is C11H10F3NO4. The Balaban J connectivity index is 3.54. The van der Waals surface area contributed by atoms with Crippen molar-refractivity contribution in [2.24, 2.45) is 0 Å². The fraction of sp³-hybridized carbons (Fsp3) is 0.364. The number of alkyl halides is 3. The van der Waals surface area contributed by atoms with E-state index in [4.69, 9.17) is 5.11 Å². The standard InChI is InChI=1S/C11H10F3NO4/c1-10(2,9(16)17)6-3-7(11(12,13)14)5-8(4-6)15(18)19/h3-5H,1-2H3,(H,16,17). The van der Waals surface area contributed by atoms with Crippen molar-refractivity contribution in [3.8, 4) is 0 Å². The molecule has 0 atom stereocenters. The van der Waals surface area contributed by atoms with Crippen molar-refractivity contribution in [2.45, 2.75) is 25.4 Å². The van der Waals surface area contributed by atoms with Crippen molar-refractivity contribution in [2.75, 3.05) is 0 Å². The predicted molar refractivity (Wildman–Crippen MR) is 58.8 cm³/mol. The highest BCUT2D eigenvalue weighted by atomic mass is 19.4. The highest BCUT2D eigenvalue weighted by molar-refractivity contribution is 5.80. The maximum absolute atomic E-state index is 12.6. The molecule has 1 N–H and O–H groups in total. The number of benzene rings is 1. The monoisotopic (exact) mass is 277 g/mol. The molecule has 1 rings (SSSR count). The van der Waals surface area contributed by atoms with Crippen LogP contribution in [-0.2, 0) is 16.4 Å². The van der Waals surface area contributed by atoms with Gasteiger partial charge < -0.3 is 5.11 Å². The van der Waals surface area contributed by atoms with Gasteiger partial charge in [-0.3, -0.25) is 14.9 Å². The molecule has 0 aliphatic rings. The van der Waals surface area contributed by atoms with Gasteiger partial charge in [-0.1, -0.05) is 0 Å². The van der Waals surface area contributed by atoms with Crippen LogP contribution in [-0.4, -0.2) is 16.0 Å². The van der Waals surface area contributed by atoms with E-state index in [1.54, 1.807) is 0 Å². The van der Waals surface area contributed by atoms with E-state index in [1.165, 1.54) is 13.8 Å². The van der Waals surface area contributed by atoms with Crippen LogP contribution in [0.25, 0.3) is 0 Å². The van der Waals surface area contributed by atoms with Gasteiger partial charge in [0.1, 0.15) is 0 Å². The third-order valence-corrected chi connectivity index (χ3v) is 2.71. The number of non-ortho nitro benzene ring substituents is 1. The van der Waals surface area contributed by atoms with Crippen LogP contribution in [0.5, 0.6) is 0 Å². The Morgan fingerprint density at radius 1 is 1.21 bits per heavy atom. The van der Waals surface area contributed by atoms with Gasteiger partial charge in [-0.05, 0) is 25.5 Å². The summed E-state index contributed by atoms with van der Waals surface area (Å²) in [6.45, 7) is 2.35. The molecular weight excluding hydrogens is 267 g/mol. The van der Waals surface area contributed by atoms with Crippen LogP contribution in [0.2, 0.25) is 0 Å². The molecule has 104 valence electrons. The van der Waals surface area contributed by atoms with Crippen LogP contribution in [0, 0.1) is 10.1 Å². The summed E-state index contributed by atoms with van der Waals surface area (Å²) in [7, 11) is 0. The molecule has 0 saturated carbocycles. The number of carboxylic acid groups (broad SMARTS) is 1. The van der Waals surface area contributed by atoms with Gasteiger partial charge in [-0.15, -0.1) is 0 Å². The minimum absolute atomic E-state index is 0.276. The first-order valence-corrected chi connectivity index (χ1v) is 5.07. The minimum atomic E-state index is -4.78. The summed E-state index contributed by atoms with van der Waals surface area (Å²) < 4.78 is 37.9. The van der Waals surface area contributed by atoms with Gasteiger partial charge in [0.15, 0.2) is 0 Å². The average Bonchev–Trinajstić information content (AvgIpc) is 2.26. The molecule has 5 nitrogen and oxygen atoms in total. The number of nitro benzene ring substituents is 1. The second-order valence-corrected chi connectivity index (χ2v) is 4.45. The maximum Gasteiger partial charge on any atom is 0.416 e. The van der Waals surface area contributed by atoms with Crippen molar-refractivity contribution in [3.05, 3.63) is 39.4 Å². The Morgan fingerprint density at radius 2 is 1.68 bits per heavy atom. The van der Waals surface area contributed by atoms with Crippen LogP contribution in [0.1, 0.15) is 25.0 Å². The molecule has 0 saturated heterocycles. The van der Waals surface area contributed by atoms with Gasteiger partial charge in [0, 0.05) is 12.1 Å². The number of carbonyl (C=O) groups is 1. The number of carboxylic acids is 1. The fourth-order valence-electron chi connectivity index (χ4n) is 1.36. The van der Waals surface area contributed by atoms with E-state index < -0.39 is 33.7 Å². The average molecular weight is 277 g/mol. The zero-order valence-corrected chi connectivity index (χ0v) is 9.99. The fourth-order valence-corrected chi connectivity index (χ4v) is 1.36. The lowest BCUT2D eigenvalue weighted by Crippen LogP contribution is -2.29. The molecule has 0 amide bonds. The Kier molecular flexibility index (Phi) is 3.56. The molecule has 1 aromatic carbocycles. The molecule has 0 spiro atoms. The number of halogens is 3. The Morgan fingerprint density at radius 3 is 2.05 bits per heavy atom. The molecule has 8 heteroatoms. The summed E-state index contributed by atoms with van der Waals surface area (Å²) in [6, 6.07) is 1.83. The van der Waals surface area contributed by atoms with E-state index in [-0.39, 0.29) is 5.56 Å². The molecule has 0 aliphatic carbocycles. The highest BCUT2D eigenvalue weighted by Gasteiger charge is 2.37. The third kappa shape index (κ3) is 3.01. The summed E-state index contributed by atoms with van der Waals surface area (Å²) >= 11 is 0. The van der Waals surface area contributed by atoms with Gasteiger partial charge >= 0.3 is 12.1 Å². The van der Waals surface area contributed by atoms with E-state index in [1.807, 2.05) is 0 Å². The molecule has 1 aromatic rings. The number of hydrogen-bond acceptors (Lipinski definition) is 3. The lowest BCUT2D eigenvalue weighted by atomic mass is 9.83. The second-order valence-electron chi connectivity index (χ2n) is 4.45. The largest absolute Gasteiger partial charge is 0.481 e. The van der Waals surface area contributed by atoms with Crippen molar-refractivity contribution >= 4 is 11.7 Å². The second kappa shape index (κ2) is 4.52. The van der Waals surface area contributed by atoms with E-state index in [9.17, 15) is 28.1 Å². The minimum Gasteiger partial charge on any atom is -0.481 e. The smallest absolute Gasteiger partial charge is 0.416 e. The van der Waals surface area contributed by atoms with Gasteiger partial charge in [-0.25, -0.2) is 0 Å². The molecule has 0 aliphatic heterocycles. The van der Waals surface area contributed by atoms with E-state index >= 15 is 0 Å². The van der Waals surface area contributed by atoms with Crippen LogP contribution in [0.3, 0.4) is 0 Å². The third-order valence-electron chi connectivity index (χ3n) is 2.71.